The van der Waals surface area contributed by atoms with Crippen molar-refractivity contribution in [3.05, 3.63) is 12.7 Å². The fourth-order valence-electron chi connectivity index (χ4n) is 6.50. The number of carbonyl (C=O) groups is 2. The van der Waals surface area contributed by atoms with Crippen molar-refractivity contribution in [2.45, 2.75) is 65.9 Å². The van der Waals surface area contributed by atoms with Crippen LogP contribution in [0.25, 0.3) is 0 Å². The highest BCUT2D eigenvalue weighted by atomic mass is 16.7. The standard InChI is InChI=1S/C22H34O4/c1-7-20(4)12-17(26-13-25-6)21(5)14(2)8-10-22(15(3)19(20)24)11-9-16(23)18(21)22/h7,14-15,17-18H,1,8-13H2,2-6H3/t14-,15+,17-,18+,20-,21-,22-/m1/s1. The summed E-state index contributed by atoms with van der Waals surface area (Å²) in [7, 11) is 1.61. The predicted octanol–water partition coefficient (Wildman–Crippen LogP) is 4.18. The molecule has 0 N–H and O–H groups in total. The van der Waals surface area contributed by atoms with Crippen LogP contribution in [0.5, 0.6) is 0 Å². The zero-order valence-corrected chi connectivity index (χ0v) is 17.0. The first-order valence-corrected chi connectivity index (χ1v) is 9.98. The summed E-state index contributed by atoms with van der Waals surface area (Å²) in [5.41, 5.74) is -1.15. The molecule has 0 unspecified atom stereocenters. The van der Waals surface area contributed by atoms with Gasteiger partial charge in [0.25, 0.3) is 0 Å². The Kier molecular flexibility index (Phi) is 4.98. The maximum Gasteiger partial charge on any atom is 0.146 e. The first-order chi connectivity index (χ1) is 12.2. The molecule has 4 heteroatoms. The minimum Gasteiger partial charge on any atom is -0.359 e. The highest BCUT2D eigenvalue weighted by molar-refractivity contribution is 5.92. The van der Waals surface area contributed by atoms with E-state index in [2.05, 4.69) is 27.4 Å². The number of hydrogen-bond donors (Lipinski definition) is 0. The summed E-state index contributed by atoms with van der Waals surface area (Å²) in [4.78, 5) is 26.6. The smallest absolute Gasteiger partial charge is 0.146 e. The minimum absolute atomic E-state index is 0.103. The van der Waals surface area contributed by atoms with E-state index in [1.807, 2.05) is 6.92 Å². The Balaban J connectivity index is 2.20. The molecule has 0 spiro atoms. The van der Waals surface area contributed by atoms with Gasteiger partial charge in [-0.1, -0.05) is 26.8 Å². The average molecular weight is 363 g/mol. The summed E-state index contributed by atoms with van der Waals surface area (Å²) in [5, 5.41) is 0. The monoisotopic (exact) mass is 362 g/mol. The third kappa shape index (κ3) is 2.48. The number of Topliss-reactive ketones (excluding diaryl/α,β-unsaturated/α-hetero) is 2. The van der Waals surface area contributed by atoms with Crippen molar-refractivity contribution in [1.82, 2.24) is 0 Å². The number of ether oxygens (including phenoxy) is 2. The van der Waals surface area contributed by atoms with Gasteiger partial charge in [0.05, 0.1) is 6.10 Å². The molecule has 0 aromatic carbocycles. The zero-order valence-electron chi connectivity index (χ0n) is 17.0. The molecule has 26 heavy (non-hydrogen) atoms. The summed E-state index contributed by atoms with van der Waals surface area (Å²) in [6, 6.07) is 0. The molecule has 0 aromatic rings. The lowest BCUT2D eigenvalue weighted by molar-refractivity contribution is -0.202. The van der Waals surface area contributed by atoms with E-state index in [1.54, 1.807) is 13.2 Å². The van der Waals surface area contributed by atoms with E-state index < -0.39 is 5.41 Å². The Morgan fingerprint density at radius 2 is 1.92 bits per heavy atom. The normalized spacial score (nSPS) is 48.7. The third-order valence-electron chi connectivity index (χ3n) is 8.42. The molecule has 0 aromatic heterocycles. The van der Waals surface area contributed by atoms with Gasteiger partial charge in [0.15, 0.2) is 0 Å². The molecule has 3 aliphatic rings. The molecule has 3 fully saturated rings. The summed E-state index contributed by atoms with van der Waals surface area (Å²) in [5.74, 6) is 0.673. The second kappa shape index (κ2) is 6.56. The molecule has 3 saturated carbocycles. The molecule has 4 nitrogen and oxygen atoms in total. The highest BCUT2D eigenvalue weighted by Crippen LogP contribution is 2.67. The summed E-state index contributed by atoms with van der Waals surface area (Å²) < 4.78 is 11.4. The second-order valence-corrected chi connectivity index (χ2v) is 9.41. The van der Waals surface area contributed by atoms with Crippen LogP contribution in [0.1, 0.15) is 59.8 Å². The minimum atomic E-state index is -0.639. The van der Waals surface area contributed by atoms with Gasteiger partial charge in [-0.3, -0.25) is 9.59 Å². The maximum absolute atomic E-state index is 13.5. The Morgan fingerprint density at radius 3 is 2.54 bits per heavy atom. The molecule has 2 bridgehead atoms. The van der Waals surface area contributed by atoms with Gasteiger partial charge in [0.1, 0.15) is 18.4 Å². The van der Waals surface area contributed by atoms with Crippen molar-refractivity contribution in [3.8, 4) is 0 Å². The van der Waals surface area contributed by atoms with Gasteiger partial charge < -0.3 is 9.47 Å². The van der Waals surface area contributed by atoms with Crippen molar-refractivity contribution in [3.63, 3.8) is 0 Å². The number of methoxy groups -OCH3 is 1. The Morgan fingerprint density at radius 1 is 1.23 bits per heavy atom. The van der Waals surface area contributed by atoms with Crippen molar-refractivity contribution in [2.24, 2.45) is 34.0 Å². The lowest BCUT2D eigenvalue weighted by Gasteiger charge is -2.60. The predicted molar refractivity (Wildman–Crippen MR) is 101 cm³/mol. The van der Waals surface area contributed by atoms with Crippen LogP contribution in [-0.4, -0.2) is 31.6 Å². The van der Waals surface area contributed by atoms with Crippen LogP contribution in [0.3, 0.4) is 0 Å². The van der Waals surface area contributed by atoms with Crippen molar-refractivity contribution in [2.75, 3.05) is 13.9 Å². The Bertz CT molecular complexity index is 613. The van der Waals surface area contributed by atoms with Crippen LogP contribution in [0.4, 0.5) is 0 Å². The molecule has 0 heterocycles. The van der Waals surface area contributed by atoms with Crippen LogP contribution in [0.2, 0.25) is 0 Å². The van der Waals surface area contributed by atoms with Gasteiger partial charge in [-0.25, -0.2) is 0 Å². The van der Waals surface area contributed by atoms with E-state index in [1.165, 1.54) is 0 Å². The first-order valence-electron chi connectivity index (χ1n) is 9.98. The molecular weight excluding hydrogens is 328 g/mol. The van der Waals surface area contributed by atoms with Crippen molar-refractivity contribution in [1.29, 1.82) is 0 Å². The van der Waals surface area contributed by atoms with Crippen LogP contribution < -0.4 is 0 Å². The number of carbonyl (C=O) groups excluding carboxylic acids is 2. The summed E-state index contributed by atoms with van der Waals surface area (Å²) >= 11 is 0. The number of rotatable bonds is 4. The topological polar surface area (TPSA) is 52.6 Å². The Hall–Kier alpha value is -1.00. The SMILES string of the molecule is C=C[C@]1(C)C[C@@H](OCOC)[C@@]2(C)[C@H](C)CC[C@@]3(CCC(=O)[C@H]32)[C@@H](C)C1=O. The number of ketones is 2. The number of hydrogen-bond acceptors (Lipinski definition) is 4. The van der Waals surface area contributed by atoms with Gasteiger partial charge in [0.2, 0.25) is 0 Å². The molecule has 0 saturated heterocycles. The van der Waals surface area contributed by atoms with Crippen LogP contribution in [-0.2, 0) is 19.1 Å². The van der Waals surface area contributed by atoms with Crippen molar-refractivity contribution < 1.29 is 19.1 Å². The van der Waals surface area contributed by atoms with Crippen LogP contribution >= 0.6 is 0 Å². The second-order valence-electron chi connectivity index (χ2n) is 9.41. The van der Waals surface area contributed by atoms with E-state index in [0.717, 1.165) is 19.3 Å². The fourth-order valence-corrected chi connectivity index (χ4v) is 6.50. The van der Waals surface area contributed by atoms with Crippen molar-refractivity contribution >= 4 is 11.6 Å². The van der Waals surface area contributed by atoms with Crippen LogP contribution in [0, 0.1) is 34.0 Å². The van der Waals surface area contributed by atoms with Gasteiger partial charge in [-0.15, -0.1) is 6.58 Å². The van der Waals surface area contributed by atoms with E-state index in [9.17, 15) is 9.59 Å². The third-order valence-corrected chi connectivity index (χ3v) is 8.42. The van der Waals surface area contributed by atoms with Gasteiger partial charge in [-0.2, -0.15) is 0 Å². The van der Waals surface area contributed by atoms with Gasteiger partial charge >= 0.3 is 0 Å². The maximum atomic E-state index is 13.5. The zero-order chi connectivity index (χ0) is 19.3. The summed E-state index contributed by atoms with van der Waals surface area (Å²) in [6.45, 7) is 12.7. The van der Waals surface area contributed by atoms with E-state index >= 15 is 0 Å². The average Bonchev–Trinajstić information content (AvgIpc) is 2.98. The molecular formula is C22H34O4. The van der Waals surface area contributed by atoms with Crippen LogP contribution in [0.15, 0.2) is 12.7 Å². The first kappa shape index (κ1) is 19.8. The lowest BCUT2D eigenvalue weighted by Crippen LogP contribution is -2.62. The Labute approximate surface area is 157 Å². The molecule has 0 aliphatic heterocycles. The fraction of sp³-hybridized carbons (Fsp3) is 0.818. The highest BCUT2D eigenvalue weighted by Gasteiger charge is 2.67. The molecule has 0 amide bonds. The molecule has 146 valence electrons. The lowest BCUT2D eigenvalue weighted by atomic mass is 9.44. The molecule has 3 rings (SSSR count). The van der Waals surface area contributed by atoms with E-state index in [-0.39, 0.29) is 41.3 Å². The van der Waals surface area contributed by atoms with Gasteiger partial charge in [-0.05, 0) is 43.9 Å². The van der Waals surface area contributed by atoms with Gasteiger partial charge in [0, 0.05) is 36.2 Å². The van der Waals surface area contributed by atoms with E-state index in [0.29, 0.717) is 24.5 Å². The quantitative estimate of drug-likeness (QED) is 0.556. The molecule has 0 radical (unpaired) electrons. The molecule has 3 aliphatic carbocycles. The van der Waals surface area contributed by atoms with E-state index in [4.69, 9.17) is 9.47 Å². The largest absolute Gasteiger partial charge is 0.359 e. The number of allylic oxidation sites excluding steroid dienone is 1. The molecule has 7 atom stereocenters. The summed E-state index contributed by atoms with van der Waals surface area (Å²) in [6.07, 6.45) is 5.56.